The molecule has 0 spiro atoms. The Morgan fingerprint density at radius 1 is 1.26 bits per heavy atom. The van der Waals surface area contributed by atoms with Crippen LogP contribution in [0.5, 0.6) is 5.75 Å². The first-order chi connectivity index (χ1) is 9.15. The number of hydrogen-bond acceptors (Lipinski definition) is 5. The Morgan fingerprint density at radius 3 is 2.74 bits per heavy atom. The Hall–Kier alpha value is -2.34. The van der Waals surface area contributed by atoms with Crippen LogP contribution in [0, 0.1) is 0 Å². The lowest BCUT2D eigenvalue weighted by Crippen LogP contribution is -2.21. The lowest BCUT2D eigenvalue weighted by molar-refractivity contribution is -0.118. The molecule has 0 fully saturated rings. The van der Waals surface area contributed by atoms with Crippen molar-refractivity contribution in [2.24, 2.45) is 0 Å². The molecule has 0 aliphatic carbocycles. The van der Waals surface area contributed by atoms with Gasteiger partial charge in [0, 0.05) is 0 Å². The number of ether oxygens (including phenoxy) is 1. The Morgan fingerprint density at radius 2 is 2.05 bits per heavy atom. The summed E-state index contributed by atoms with van der Waals surface area (Å²) in [5, 5.41) is 10.1. The Bertz CT molecular complexity index is 574. The lowest BCUT2D eigenvalue weighted by atomic mass is 10.3. The summed E-state index contributed by atoms with van der Waals surface area (Å²) in [6.07, 6.45) is 0. The lowest BCUT2D eigenvalue weighted by Gasteiger charge is -2.08. The number of anilines is 2. The molecule has 3 N–H and O–H groups in total. The molecule has 0 aliphatic heterocycles. The number of nitrogen functional groups attached to an aromatic ring is 1. The van der Waals surface area contributed by atoms with E-state index in [4.69, 9.17) is 22.1 Å². The molecule has 0 unspecified atom stereocenters. The molecule has 0 bridgehead atoms. The molecule has 1 amide bonds. The van der Waals surface area contributed by atoms with E-state index >= 15 is 0 Å². The fourth-order valence-electron chi connectivity index (χ4n) is 1.32. The van der Waals surface area contributed by atoms with Crippen molar-refractivity contribution in [3.63, 3.8) is 0 Å². The number of nitrogens with zero attached hydrogens (tertiary/aromatic N) is 2. The van der Waals surface area contributed by atoms with Crippen molar-refractivity contribution in [1.82, 2.24) is 10.2 Å². The normalized spacial score (nSPS) is 9.95. The number of halogens is 1. The quantitative estimate of drug-likeness (QED) is 0.831. The molecule has 6 nitrogen and oxygen atoms in total. The summed E-state index contributed by atoms with van der Waals surface area (Å²) < 4.78 is 5.28. The smallest absolute Gasteiger partial charge is 0.263 e. The summed E-state index contributed by atoms with van der Waals surface area (Å²) in [6, 6.07) is 10.0. The van der Waals surface area contributed by atoms with Gasteiger partial charge in [0.2, 0.25) is 0 Å². The molecule has 0 saturated carbocycles. The molecule has 1 heterocycles. The van der Waals surface area contributed by atoms with E-state index in [2.05, 4.69) is 15.5 Å². The van der Waals surface area contributed by atoms with Crippen molar-refractivity contribution in [2.45, 2.75) is 0 Å². The number of rotatable bonds is 4. The van der Waals surface area contributed by atoms with Gasteiger partial charge in [0.25, 0.3) is 5.91 Å². The number of aromatic nitrogens is 2. The predicted molar refractivity (Wildman–Crippen MR) is 72.0 cm³/mol. The number of amides is 1. The second kappa shape index (κ2) is 6.01. The molecule has 2 rings (SSSR count). The highest BCUT2D eigenvalue weighted by atomic mass is 35.5. The Labute approximate surface area is 114 Å². The van der Waals surface area contributed by atoms with Crippen molar-refractivity contribution in [3.05, 3.63) is 41.6 Å². The van der Waals surface area contributed by atoms with Crippen LogP contribution in [0.4, 0.5) is 11.5 Å². The molecule has 2 aromatic rings. The summed E-state index contributed by atoms with van der Waals surface area (Å²) in [5.74, 6) is 0.402. The second-order valence-corrected chi connectivity index (χ2v) is 4.00. The zero-order valence-electron chi connectivity index (χ0n) is 9.84. The third kappa shape index (κ3) is 3.82. The molecule has 19 heavy (non-hydrogen) atoms. The summed E-state index contributed by atoms with van der Waals surface area (Å²) >= 11 is 5.58. The summed E-state index contributed by atoms with van der Waals surface area (Å²) in [7, 11) is 0. The maximum Gasteiger partial charge on any atom is 0.263 e. The van der Waals surface area contributed by atoms with Crippen LogP contribution in [-0.4, -0.2) is 22.7 Å². The number of carbonyl (C=O) groups excluding carboxylic acids is 1. The third-order valence-corrected chi connectivity index (χ3v) is 2.38. The maximum atomic E-state index is 11.6. The van der Waals surface area contributed by atoms with E-state index < -0.39 is 0 Å². The summed E-state index contributed by atoms with van der Waals surface area (Å²) in [5.41, 5.74) is 6.16. The molecular formula is C12H11ClN4O2. The van der Waals surface area contributed by atoms with Crippen LogP contribution >= 0.6 is 11.6 Å². The van der Waals surface area contributed by atoms with Crippen molar-refractivity contribution in [1.29, 1.82) is 0 Å². The fourth-order valence-corrected chi connectivity index (χ4v) is 1.42. The van der Waals surface area contributed by atoms with Gasteiger partial charge in [-0.05, 0) is 24.3 Å². The first-order valence-electron chi connectivity index (χ1n) is 5.41. The van der Waals surface area contributed by atoms with E-state index in [-0.39, 0.29) is 17.7 Å². The van der Waals surface area contributed by atoms with E-state index in [1.807, 2.05) is 0 Å². The fraction of sp³-hybridized carbons (Fsp3) is 0.0833. The van der Waals surface area contributed by atoms with E-state index in [1.54, 1.807) is 30.3 Å². The van der Waals surface area contributed by atoms with E-state index in [0.717, 1.165) is 0 Å². The molecule has 1 aromatic carbocycles. The van der Waals surface area contributed by atoms with Gasteiger partial charge < -0.3 is 15.8 Å². The standard InChI is InChI=1S/C12H11ClN4O2/c13-10-5-6-11(17-16-10)15-12(18)7-19-9-4-2-1-3-8(9)14/h1-6H,7,14H2,(H,15,17,18). The zero-order chi connectivity index (χ0) is 13.7. The number of hydrogen-bond donors (Lipinski definition) is 2. The van der Waals surface area contributed by atoms with Gasteiger partial charge in [-0.2, -0.15) is 0 Å². The Kier molecular flexibility index (Phi) is 4.15. The minimum atomic E-state index is -0.361. The highest BCUT2D eigenvalue weighted by molar-refractivity contribution is 6.29. The number of carbonyl (C=O) groups is 1. The first kappa shape index (κ1) is 13.1. The minimum absolute atomic E-state index is 0.168. The van der Waals surface area contributed by atoms with Crippen molar-refractivity contribution < 1.29 is 9.53 Å². The van der Waals surface area contributed by atoms with Crippen LogP contribution in [0.15, 0.2) is 36.4 Å². The van der Waals surface area contributed by atoms with Crippen LogP contribution < -0.4 is 15.8 Å². The molecule has 1 aromatic heterocycles. The average molecular weight is 279 g/mol. The average Bonchev–Trinajstić information content (AvgIpc) is 2.40. The molecular weight excluding hydrogens is 268 g/mol. The van der Waals surface area contributed by atoms with Crippen LogP contribution in [0.25, 0.3) is 0 Å². The van der Waals surface area contributed by atoms with Gasteiger partial charge in [-0.25, -0.2) is 0 Å². The summed E-state index contributed by atoms with van der Waals surface area (Å²) in [6.45, 7) is -0.168. The number of nitrogens with one attached hydrogen (secondary N) is 1. The van der Waals surface area contributed by atoms with Crippen molar-refractivity contribution in [2.75, 3.05) is 17.7 Å². The predicted octanol–water partition coefficient (Wildman–Crippen LogP) is 1.73. The van der Waals surface area contributed by atoms with Gasteiger partial charge in [-0.15, -0.1) is 10.2 Å². The van der Waals surface area contributed by atoms with E-state index in [1.165, 1.54) is 6.07 Å². The van der Waals surface area contributed by atoms with Gasteiger partial charge in [0.15, 0.2) is 17.6 Å². The molecule has 0 radical (unpaired) electrons. The van der Waals surface area contributed by atoms with Crippen LogP contribution in [0.1, 0.15) is 0 Å². The number of para-hydroxylation sites is 2. The molecule has 98 valence electrons. The largest absolute Gasteiger partial charge is 0.482 e. The second-order valence-electron chi connectivity index (χ2n) is 3.62. The van der Waals surface area contributed by atoms with Gasteiger partial charge in [0.05, 0.1) is 5.69 Å². The van der Waals surface area contributed by atoms with Crippen LogP contribution in [-0.2, 0) is 4.79 Å². The third-order valence-electron chi connectivity index (χ3n) is 2.18. The Balaban J connectivity index is 1.88. The number of nitrogens with two attached hydrogens (primary N) is 1. The number of benzene rings is 1. The van der Waals surface area contributed by atoms with E-state index in [9.17, 15) is 4.79 Å². The summed E-state index contributed by atoms with van der Waals surface area (Å²) in [4.78, 5) is 11.6. The molecule has 0 aliphatic rings. The molecule has 7 heteroatoms. The van der Waals surface area contributed by atoms with Crippen LogP contribution in [0.3, 0.4) is 0 Å². The maximum absolute atomic E-state index is 11.6. The van der Waals surface area contributed by atoms with Gasteiger partial charge >= 0.3 is 0 Å². The van der Waals surface area contributed by atoms with Crippen molar-refractivity contribution in [3.8, 4) is 5.75 Å². The molecule has 0 saturated heterocycles. The SMILES string of the molecule is Nc1ccccc1OCC(=O)Nc1ccc(Cl)nn1. The zero-order valence-corrected chi connectivity index (χ0v) is 10.6. The highest BCUT2D eigenvalue weighted by Gasteiger charge is 2.06. The molecule has 0 atom stereocenters. The monoisotopic (exact) mass is 278 g/mol. The van der Waals surface area contributed by atoms with E-state index in [0.29, 0.717) is 17.3 Å². The topological polar surface area (TPSA) is 90.1 Å². The van der Waals surface area contributed by atoms with Gasteiger partial charge in [0.1, 0.15) is 5.75 Å². The first-order valence-corrected chi connectivity index (χ1v) is 5.79. The van der Waals surface area contributed by atoms with Crippen LogP contribution in [0.2, 0.25) is 5.15 Å². The highest BCUT2D eigenvalue weighted by Crippen LogP contribution is 2.19. The van der Waals surface area contributed by atoms with Crippen molar-refractivity contribution >= 4 is 29.0 Å². The van der Waals surface area contributed by atoms with Gasteiger partial charge in [-0.3, -0.25) is 4.79 Å². The van der Waals surface area contributed by atoms with Gasteiger partial charge in [-0.1, -0.05) is 23.7 Å². The minimum Gasteiger partial charge on any atom is -0.482 e.